The van der Waals surface area contributed by atoms with Crippen LogP contribution < -0.4 is 0 Å². The van der Waals surface area contributed by atoms with Gasteiger partial charge < -0.3 is 5.11 Å². The van der Waals surface area contributed by atoms with Crippen LogP contribution in [0.4, 0.5) is 0 Å². The minimum atomic E-state index is -0.535. The van der Waals surface area contributed by atoms with E-state index in [2.05, 4.69) is 27.7 Å². The fourth-order valence-corrected chi connectivity index (χ4v) is 3.58. The average Bonchev–Trinajstić information content (AvgIpc) is 2.90. The van der Waals surface area contributed by atoms with Gasteiger partial charge in [0.25, 0.3) is 0 Å². The highest BCUT2D eigenvalue weighted by molar-refractivity contribution is 7.17. The van der Waals surface area contributed by atoms with Crippen LogP contribution in [0.1, 0.15) is 35.5 Å². The van der Waals surface area contributed by atoms with Crippen molar-refractivity contribution in [2.24, 2.45) is 0 Å². The predicted octanol–water partition coefficient (Wildman–Crippen LogP) is 3.84. The molecule has 108 valence electrons. The van der Waals surface area contributed by atoms with E-state index in [0.717, 1.165) is 23.4 Å². The molecule has 0 saturated carbocycles. The molecule has 4 heteroatoms. The monoisotopic (exact) mass is 298 g/mol. The maximum Gasteiger partial charge on any atom is 0.0849 e. The molecule has 0 aliphatic heterocycles. The average molecular weight is 298 g/mol. The Bertz CT molecular complexity index is 766. The Kier molecular flexibility index (Phi) is 3.99. The number of fused-ring (bicyclic) bond motifs is 1. The van der Waals surface area contributed by atoms with Crippen LogP contribution in [0.2, 0.25) is 0 Å². The lowest BCUT2D eigenvalue weighted by Crippen LogP contribution is -2.08. The van der Waals surface area contributed by atoms with Gasteiger partial charge >= 0.3 is 0 Å². The molecule has 0 aliphatic rings. The molecule has 0 spiro atoms. The molecule has 0 aliphatic carbocycles. The molecule has 2 heterocycles. The molecule has 0 fully saturated rings. The van der Waals surface area contributed by atoms with Crippen molar-refractivity contribution in [2.45, 2.75) is 32.8 Å². The highest BCUT2D eigenvalue weighted by Crippen LogP contribution is 2.30. The zero-order chi connectivity index (χ0) is 14.8. The number of hydrogen-bond acceptors (Lipinski definition) is 4. The van der Waals surface area contributed by atoms with Crippen LogP contribution in [0.25, 0.3) is 10.1 Å². The first kappa shape index (κ1) is 14.2. The van der Waals surface area contributed by atoms with Crippen LogP contribution in [0, 0.1) is 6.92 Å². The fraction of sp³-hybridized carbons (Fsp3) is 0.294. The number of hydrogen-bond donors (Lipinski definition) is 1. The Balaban J connectivity index is 1.93. The van der Waals surface area contributed by atoms with Crippen molar-refractivity contribution in [3.8, 4) is 0 Å². The van der Waals surface area contributed by atoms with Gasteiger partial charge in [0.15, 0.2) is 0 Å². The topological polar surface area (TPSA) is 46.0 Å². The smallest absolute Gasteiger partial charge is 0.0849 e. The van der Waals surface area contributed by atoms with Gasteiger partial charge in [-0.1, -0.05) is 25.1 Å². The maximum atomic E-state index is 10.6. The third-order valence-corrected chi connectivity index (χ3v) is 4.71. The van der Waals surface area contributed by atoms with Crippen LogP contribution in [0.5, 0.6) is 0 Å². The number of aliphatic hydroxyl groups is 1. The van der Waals surface area contributed by atoms with Gasteiger partial charge in [-0.2, -0.15) is 10.2 Å². The Labute approximate surface area is 128 Å². The summed E-state index contributed by atoms with van der Waals surface area (Å²) < 4.78 is 1.26. The number of rotatable bonds is 4. The van der Waals surface area contributed by atoms with Gasteiger partial charge in [-0.05, 0) is 41.8 Å². The quantitative estimate of drug-likeness (QED) is 0.796. The highest BCUT2D eigenvalue weighted by Gasteiger charge is 2.16. The number of aryl methyl sites for hydroxylation is 2. The molecule has 0 saturated heterocycles. The normalized spacial score (nSPS) is 12.7. The predicted molar refractivity (Wildman–Crippen MR) is 86.6 cm³/mol. The molecule has 3 rings (SSSR count). The van der Waals surface area contributed by atoms with Crippen molar-refractivity contribution < 1.29 is 5.11 Å². The van der Waals surface area contributed by atoms with Crippen molar-refractivity contribution in [3.05, 3.63) is 58.2 Å². The lowest BCUT2D eigenvalue weighted by molar-refractivity contribution is 0.177. The third kappa shape index (κ3) is 2.82. The number of aliphatic hydroxyl groups excluding tert-OH is 1. The van der Waals surface area contributed by atoms with Gasteiger partial charge in [0.05, 0.1) is 17.5 Å². The second-order valence-electron chi connectivity index (χ2n) is 5.22. The molecule has 1 unspecified atom stereocenters. The van der Waals surface area contributed by atoms with Gasteiger partial charge in [0.1, 0.15) is 0 Å². The van der Waals surface area contributed by atoms with E-state index in [9.17, 15) is 5.11 Å². The number of benzene rings is 1. The minimum Gasteiger partial charge on any atom is -0.388 e. The molecule has 1 atom stereocenters. The largest absolute Gasteiger partial charge is 0.388 e. The molecule has 2 aromatic heterocycles. The fourth-order valence-electron chi connectivity index (χ4n) is 2.61. The lowest BCUT2D eigenvalue weighted by atomic mass is 9.99. The summed E-state index contributed by atoms with van der Waals surface area (Å²) in [6, 6.07) is 10.3. The van der Waals surface area contributed by atoms with E-state index in [1.165, 1.54) is 15.6 Å². The van der Waals surface area contributed by atoms with Crippen molar-refractivity contribution in [2.75, 3.05) is 0 Å². The first-order valence-corrected chi connectivity index (χ1v) is 8.03. The number of nitrogens with zero attached hydrogens (tertiary/aromatic N) is 2. The summed E-state index contributed by atoms with van der Waals surface area (Å²) in [6.45, 7) is 3.94. The van der Waals surface area contributed by atoms with Crippen molar-refractivity contribution in [3.63, 3.8) is 0 Å². The highest BCUT2D eigenvalue weighted by atomic mass is 32.1. The van der Waals surface area contributed by atoms with Gasteiger partial charge in [0.2, 0.25) is 0 Å². The molecule has 3 nitrogen and oxygen atoms in total. The summed E-state index contributed by atoms with van der Waals surface area (Å²) in [4.78, 5) is 0. The number of thiophene rings is 1. The Morgan fingerprint density at radius 1 is 1.24 bits per heavy atom. The first-order chi connectivity index (χ1) is 10.2. The molecule has 3 aromatic rings. The first-order valence-electron chi connectivity index (χ1n) is 7.15. The van der Waals surface area contributed by atoms with Crippen molar-refractivity contribution >= 4 is 21.4 Å². The maximum absolute atomic E-state index is 10.6. The lowest BCUT2D eigenvalue weighted by Gasteiger charge is -2.14. The molecular formula is C17H18N2OS. The van der Waals surface area contributed by atoms with Crippen LogP contribution >= 0.6 is 11.3 Å². The molecule has 21 heavy (non-hydrogen) atoms. The van der Waals surface area contributed by atoms with E-state index in [1.807, 2.05) is 32.0 Å². The summed E-state index contributed by atoms with van der Waals surface area (Å²) in [5.41, 5.74) is 3.82. The summed E-state index contributed by atoms with van der Waals surface area (Å²) in [5, 5.41) is 22.3. The van der Waals surface area contributed by atoms with Gasteiger partial charge in [0, 0.05) is 16.7 Å². The van der Waals surface area contributed by atoms with Gasteiger partial charge in [-0.25, -0.2) is 0 Å². The summed E-state index contributed by atoms with van der Waals surface area (Å²) in [5.74, 6) is 0. The molecule has 0 radical (unpaired) electrons. The molecule has 0 bridgehead atoms. The van der Waals surface area contributed by atoms with E-state index in [4.69, 9.17) is 0 Å². The van der Waals surface area contributed by atoms with E-state index < -0.39 is 6.10 Å². The summed E-state index contributed by atoms with van der Waals surface area (Å²) in [6.07, 6.45) is 0.860. The molecule has 1 N–H and O–H groups in total. The Morgan fingerprint density at radius 3 is 2.86 bits per heavy atom. The standard InChI is InChI=1S/C17H18N2OS/c1-3-15-14(8-11(2)18-19-15)16(20)9-12-10-21-17-7-5-4-6-13(12)17/h4-8,10,16,20H,3,9H2,1-2H3. The zero-order valence-corrected chi connectivity index (χ0v) is 13.0. The van der Waals surface area contributed by atoms with Gasteiger partial charge in [-0.15, -0.1) is 11.3 Å². The number of aromatic nitrogens is 2. The minimum absolute atomic E-state index is 0.535. The Hall–Kier alpha value is -1.78. The van der Waals surface area contributed by atoms with Crippen LogP contribution in [0.3, 0.4) is 0 Å². The zero-order valence-electron chi connectivity index (χ0n) is 12.2. The van der Waals surface area contributed by atoms with E-state index in [-0.39, 0.29) is 0 Å². The summed E-state index contributed by atoms with van der Waals surface area (Å²) >= 11 is 1.73. The van der Waals surface area contributed by atoms with Gasteiger partial charge in [-0.3, -0.25) is 0 Å². The van der Waals surface area contributed by atoms with Crippen molar-refractivity contribution in [1.82, 2.24) is 10.2 Å². The van der Waals surface area contributed by atoms with Crippen LogP contribution in [-0.2, 0) is 12.8 Å². The SMILES string of the molecule is CCc1nnc(C)cc1C(O)Cc1csc2ccccc12. The van der Waals surface area contributed by atoms with Crippen LogP contribution in [-0.4, -0.2) is 15.3 Å². The second-order valence-corrected chi connectivity index (χ2v) is 6.13. The van der Waals surface area contributed by atoms with E-state index in [0.29, 0.717) is 6.42 Å². The molecular weight excluding hydrogens is 280 g/mol. The van der Waals surface area contributed by atoms with E-state index >= 15 is 0 Å². The third-order valence-electron chi connectivity index (χ3n) is 3.69. The van der Waals surface area contributed by atoms with Crippen LogP contribution in [0.15, 0.2) is 35.7 Å². The second kappa shape index (κ2) is 5.92. The molecule has 0 amide bonds. The summed E-state index contributed by atoms with van der Waals surface area (Å²) in [7, 11) is 0. The molecule has 1 aromatic carbocycles. The van der Waals surface area contributed by atoms with E-state index in [1.54, 1.807) is 11.3 Å². The Morgan fingerprint density at radius 2 is 2.05 bits per heavy atom. The van der Waals surface area contributed by atoms with Crippen molar-refractivity contribution in [1.29, 1.82) is 0 Å².